The first-order valence-electron chi connectivity index (χ1n) is 9.59. The van der Waals surface area contributed by atoms with Crippen LogP contribution in [0.3, 0.4) is 0 Å². The molecule has 4 rings (SSSR count). The van der Waals surface area contributed by atoms with Crippen LogP contribution in [0.15, 0.2) is 91.3 Å². The molecule has 0 bridgehead atoms. The van der Waals surface area contributed by atoms with Crippen LogP contribution in [0, 0.1) is 0 Å². The quantitative estimate of drug-likeness (QED) is 0.246. The molecule has 1 heterocycles. The number of carbonyl (C=O) groups is 1. The summed E-state index contributed by atoms with van der Waals surface area (Å²) in [4.78, 5) is 17.2. The molecule has 0 radical (unpaired) electrons. The number of rotatable bonds is 6. The summed E-state index contributed by atoms with van der Waals surface area (Å²) < 4.78 is 7.75. The fourth-order valence-electron chi connectivity index (χ4n) is 3.02. The Morgan fingerprint density at radius 1 is 0.871 bits per heavy atom. The number of carbonyl (C=O) groups excluding carboxylic acids is 1. The van der Waals surface area contributed by atoms with Gasteiger partial charge in [-0.1, -0.05) is 53.5 Å². The Hall–Kier alpha value is -3.34. The lowest BCUT2D eigenvalue weighted by atomic mass is 10.1. The number of nitrogens with zero attached hydrogens (tertiary/aromatic N) is 2. The second kappa shape index (κ2) is 9.65. The van der Waals surface area contributed by atoms with Gasteiger partial charge >= 0.3 is 5.97 Å². The monoisotopic (exact) mass is 448 g/mol. The normalized spacial score (nSPS) is 11.4. The minimum atomic E-state index is -0.487. The first kappa shape index (κ1) is 20.9. The van der Waals surface area contributed by atoms with E-state index in [1.165, 1.54) is 0 Å². The zero-order valence-corrected chi connectivity index (χ0v) is 17.9. The first-order valence-corrected chi connectivity index (χ1v) is 10.3. The number of halogens is 2. The molecule has 4 nitrogen and oxygen atoms in total. The molecule has 0 aliphatic heterocycles. The Morgan fingerprint density at radius 2 is 1.48 bits per heavy atom. The number of hydrogen-bond acceptors (Lipinski definition) is 3. The molecule has 154 valence electrons. The molecule has 0 saturated heterocycles. The Balaban J connectivity index is 1.67. The van der Waals surface area contributed by atoms with Gasteiger partial charge in [0.25, 0.3) is 0 Å². The zero-order valence-electron chi connectivity index (χ0n) is 16.4. The van der Waals surface area contributed by atoms with Gasteiger partial charge in [0, 0.05) is 40.6 Å². The summed E-state index contributed by atoms with van der Waals surface area (Å²) in [5.41, 5.74) is 2.25. The van der Waals surface area contributed by atoms with E-state index in [9.17, 15) is 4.79 Å². The van der Waals surface area contributed by atoms with Crippen LogP contribution >= 0.6 is 23.2 Å². The van der Waals surface area contributed by atoms with Crippen molar-refractivity contribution in [2.45, 2.75) is 6.54 Å². The maximum absolute atomic E-state index is 12.8. The van der Waals surface area contributed by atoms with Gasteiger partial charge in [0.15, 0.2) is 0 Å². The summed E-state index contributed by atoms with van der Waals surface area (Å²) >= 11 is 12.0. The second-order valence-corrected chi connectivity index (χ2v) is 7.68. The topological polar surface area (TPSA) is 44.1 Å². The highest BCUT2D eigenvalue weighted by molar-refractivity contribution is 6.31. The standard InChI is InChI=1S/C25H18Cl2N2O2/c26-21-10-6-19(7-11-21)23(31-25(30)20-8-12-22(27)13-9-20)16-24-28-14-15-29(24)17-18-4-2-1-3-5-18/h1-16H,17H2/b23-16-. The predicted octanol–water partition coefficient (Wildman–Crippen LogP) is 6.59. The van der Waals surface area contributed by atoms with Crippen molar-refractivity contribution in [2.75, 3.05) is 0 Å². The maximum atomic E-state index is 12.8. The van der Waals surface area contributed by atoms with Crippen LogP contribution in [-0.2, 0) is 11.3 Å². The molecule has 0 spiro atoms. The predicted molar refractivity (Wildman–Crippen MR) is 124 cm³/mol. The highest BCUT2D eigenvalue weighted by atomic mass is 35.5. The van der Waals surface area contributed by atoms with Crippen molar-refractivity contribution in [3.05, 3.63) is 124 Å². The number of aromatic nitrogens is 2. The summed E-state index contributed by atoms with van der Waals surface area (Å²) in [6.45, 7) is 0.645. The van der Waals surface area contributed by atoms with Crippen molar-refractivity contribution in [3.63, 3.8) is 0 Å². The Morgan fingerprint density at radius 3 is 2.13 bits per heavy atom. The average Bonchev–Trinajstić information content (AvgIpc) is 3.21. The number of esters is 1. The van der Waals surface area contributed by atoms with E-state index in [-0.39, 0.29) is 0 Å². The maximum Gasteiger partial charge on any atom is 0.343 e. The minimum Gasteiger partial charge on any atom is -0.422 e. The van der Waals surface area contributed by atoms with Crippen molar-refractivity contribution >= 4 is 41.0 Å². The minimum absolute atomic E-state index is 0.372. The molecule has 0 aliphatic carbocycles. The van der Waals surface area contributed by atoms with E-state index in [0.29, 0.717) is 39.3 Å². The molecule has 0 amide bonds. The lowest BCUT2D eigenvalue weighted by molar-refractivity contribution is 0.0693. The van der Waals surface area contributed by atoms with E-state index in [0.717, 1.165) is 5.56 Å². The molecule has 31 heavy (non-hydrogen) atoms. The summed E-state index contributed by atoms with van der Waals surface area (Å²) in [6, 6.07) is 23.7. The summed E-state index contributed by atoms with van der Waals surface area (Å²) in [5.74, 6) is 0.550. The van der Waals surface area contributed by atoms with Gasteiger partial charge in [0.05, 0.1) is 5.56 Å². The Labute approximate surface area is 190 Å². The average molecular weight is 449 g/mol. The van der Waals surface area contributed by atoms with E-state index in [4.69, 9.17) is 27.9 Å². The largest absolute Gasteiger partial charge is 0.422 e. The van der Waals surface area contributed by atoms with Crippen molar-refractivity contribution < 1.29 is 9.53 Å². The highest BCUT2D eigenvalue weighted by Gasteiger charge is 2.14. The molecule has 3 aromatic carbocycles. The number of hydrogen-bond donors (Lipinski definition) is 0. The molecule has 6 heteroatoms. The van der Waals surface area contributed by atoms with Gasteiger partial charge in [-0.3, -0.25) is 0 Å². The van der Waals surface area contributed by atoms with E-state index in [2.05, 4.69) is 4.98 Å². The highest BCUT2D eigenvalue weighted by Crippen LogP contribution is 2.23. The molecule has 0 N–H and O–H groups in total. The van der Waals surface area contributed by atoms with E-state index in [1.54, 1.807) is 60.8 Å². The second-order valence-electron chi connectivity index (χ2n) is 6.81. The van der Waals surface area contributed by atoms with Crippen LogP contribution in [0.25, 0.3) is 11.8 Å². The Kier molecular flexibility index (Phi) is 6.51. The number of ether oxygens (including phenoxy) is 1. The molecule has 1 aromatic heterocycles. The van der Waals surface area contributed by atoms with Crippen molar-refractivity contribution in [3.8, 4) is 0 Å². The molecule has 0 fully saturated rings. The third kappa shape index (κ3) is 5.43. The molecule has 4 aromatic rings. The fourth-order valence-corrected chi connectivity index (χ4v) is 3.27. The van der Waals surface area contributed by atoms with Crippen LogP contribution in [0.5, 0.6) is 0 Å². The van der Waals surface area contributed by atoms with Crippen molar-refractivity contribution in [1.29, 1.82) is 0 Å². The van der Waals surface area contributed by atoms with Gasteiger partial charge in [0.1, 0.15) is 11.6 Å². The molecule has 0 saturated carbocycles. The van der Waals surface area contributed by atoms with Gasteiger partial charge in [0.2, 0.25) is 0 Å². The van der Waals surface area contributed by atoms with E-state index in [1.807, 2.05) is 41.1 Å². The molecule has 0 atom stereocenters. The van der Waals surface area contributed by atoms with Gasteiger partial charge in [-0.25, -0.2) is 9.78 Å². The van der Waals surface area contributed by atoms with Crippen LogP contribution in [0.4, 0.5) is 0 Å². The van der Waals surface area contributed by atoms with Gasteiger partial charge in [-0.05, 0) is 54.1 Å². The lowest BCUT2D eigenvalue weighted by Gasteiger charge is -2.11. The van der Waals surface area contributed by atoms with Crippen LogP contribution in [-0.4, -0.2) is 15.5 Å². The van der Waals surface area contributed by atoms with Gasteiger partial charge < -0.3 is 9.30 Å². The van der Waals surface area contributed by atoms with Crippen LogP contribution in [0.2, 0.25) is 10.0 Å². The summed E-state index contributed by atoms with van der Waals surface area (Å²) in [5, 5.41) is 1.14. The van der Waals surface area contributed by atoms with Crippen LogP contribution < -0.4 is 0 Å². The molecule has 0 unspecified atom stereocenters. The number of imidazole rings is 1. The fraction of sp³-hybridized carbons (Fsp3) is 0.0400. The van der Waals surface area contributed by atoms with E-state index >= 15 is 0 Å². The van der Waals surface area contributed by atoms with Gasteiger partial charge in [-0.2, -0.15) is 0 Å². The van der Waals surface area contributed by atoms with Crippen molar-refractivity contribution in [1.82, 2.24) is 9.55 Å². The summed E-state index contributed by atoms with van der Waals surface area (Å²) in [6.07, 6.45) is 5.36. The van der Waals surface area contributed by atoms with E-state index < -0.39 is 5.97 Å². The SMILES string of the molecule is O=C(O/C(=C\c1nccn1Cc1ccccc1)c1ccc(Cl)cc1)c1ccc(Cl)cc1. The molecular formula is C25H18Cl2N2O2. The van der Waals surface area contributed by atoms with Crippen molar-refractivity contribution in [2.24, 2.45) is 0 Å². The van der Waals surface area contributed by atoms with Crippen LogP contribution in [0.1, 0.15) is 27.3 Å². The third-order valence-electron chi connectivity index (χ3n) is 4.61. The third-order valence-corrected chi connectivity index (χ3v) is 5.12. The zero-order chi connectivity index (χ0) is 21.6. The lowest BCUT2D eigenvalue weighted by Crippen LogP contribution is -2.06. The molecule has 0 aliphatic rings. The number of benzene rings is 3. The first-order chi connectivity index (χ1) is 15.1. The molecular weight excluding hydrogens is 431 g/mol. The Bertz CT molecular complexity index is 1200. The van der Waals surface area contributed by atoms with Gasteiger partial charge in [-0.15, -0.1) is 0 Å². The summed E-state index contributed by atoms with van der Waals surface area (Å²) in [7, 11) is 0. The smallest absolute Gasteiger partial charge is 0.343 e.